The van der Waals surface area contributed by atoms with E-state index in [0.717, 1.165) is 22.7 Å². The molecule has 0 N–H and O–H groups in total. The van der Waals surface area contributed by atoms with Gasteiger partial charge in [0.05, 0.1) is 10.4 Å². The molecule has 0 bridgehead atoms. The van der Waals surface area contributed by atoms with Gasteiger partial charge >= 0.3 is 0 Å². The van der Waals surface area contributed by atoms with E-state index in [9.17, 15) is 0 Å². The van der Waals surface area contributed by atoms with Crippen LogP contribution in [-0.4, -0.2) is 24.6 Å². The maximum absolute atomic E-state index is 4.14. The number of imidazole rings is 1. The third kappa shape index (κ3) is 4.08. The van der Waals surface area contributed by atoms with Crippen LogP contribution in [0.1, 0.15) is 18.9 Å². The first-order chi connectivity index (χ1) is 10.2. The van der Waals surface area contributed by atoms with Crippen molar-refractivity contribution in [2.24, 2.45) is 0 Å². The molecule has 2 nitrogen and oxygen atoms in total. The molecular formula is C16H19BrN2S2. The van der Waals surface area contributed by atoms with E-state index >= 15 is 0 Å². The summed E-state index contributed by atoms with van der Waals surface area (Å²) >= 11 is 7.80. The molecule has 1 fully saturated rings. The lowest BCUT2D eigenvalue weighted by molar-refractivity contribution is 0.597. The third-order valence-corrected chi connectivity index (χ3v) is 7.96. The largest absolute Gasteiger partial charge is 0.337 e. The highest BCUT2D eigenvalue weighted by atomic mass is 79.9. The molecule has 21 heavy (non-hydrogen) atoms. The van der Waals surface area contributed by atoms with Gasteiger partial charge in [0, 0.05) is 34.4 Å². The van der Waals surface area contributed by atoms with Gasteiger partial charge in [-0.05, 0) is 30.5 Å². The molecule has 1 aliphatic heterocycles. The molecule has 0 amide bonds. The Balaban J connectivity index is 1.72. The van der Waals surface area contributed by atoms with Crippen LogP contribution < -0.4 is 0 Å². The number of aryl methyl sites for hydroxylation is 1. The van der Waals surface area contributed by atoms with Crippen molar-refractivity contribution in [3.8, 4) is 0 Å². The number of thioether (sulfide) groups is 2. The normalized spacial score (nSPS) is 25.3. The highest BCUT2D eigenvalue weighted by molar-refractivity contribution is 9.10. The standard InChI is InChI=1S/C16H19BrN2S2/c1-13-11-20-16(21-13,6-8-19-9-7-18-12-19)10-14-2-4-15(17)5-3-14/h2-5,7,9,12-13H,6,8,10-11H2,1H3. The molecule has 1 aromatic heterocycles. The first-order valence-electron chi connectivity index (χ1n) is 7.17. The molecule has 0 radical (unpaired) electrons. The molecule has 0 spiro atoms. The van der Waals surface area contributed by atoms with Gasteiger partial charge in [-0.2, -0.15) is 0 Å². The average molecular weight is 383 g/mol. The molecule has 112 valence electrons. The van der Waals surface area contributed by atoms with Gasteiger partial charge in [-0.25, -0.2) is 4.98 Å². The Hall–Kier alpha value is -0.390. The van der Waals surface area contributed by atoms with Crippen LogP contribution >= 0.6 is 39.5 Å². The predicted octanol–water partition coefficient (Wildman–Crippen LogP) is 4.84. The second kappa shape index (κ2) is 6.80. The number of nitrogens with zero attached hydrogens (tertiary/aromatic N) is 2. The summed E-state index contributed by atoms with van der Waals surface area (Å²) in [6.07, 6.45) is 8.15. The van der Waals surface area contributed by atoms with Crippen molar-refractivity contribution < 1.29 is 0 Å². The van der Waals surface area contributed by atoms with Gasteiger partial charge < -0.3 is 4.57 Å². The Kier molecular flexibility index (Phi) is 5.02. The van der Waals surface area contributed by atoms with Crippen molar-refractivity contribution >= 4 is 39.5 Å². The Morgan fingerprint density at radius 1 is 1.38 bits per heavy atom. The quantitative estimate of drug-likeness (QED) is 0.736. The maximum Gasteiger partial charge on any atom is 0.0945 e. The molecular weight excluding hydrogens is 364 g/mol. The summed E-state index contributed by atoms with van der Waals surface area (Å²) in [5.74, 6) is 1.26. The summed E-state index contributed by atoms with van der Waals surface area (Å²) in [6.45, 7) is 3.39. The average Bonchev–Trinajstić information content (AvgIpc) is 3.10. The molecule has 2 atom stereocenters. The van der Waals surface area contributed by atoms with Crippen LogP contribution in [0.3, 0.4) is 0 Å². The zero-order chi connectivity index (χ0) is 14.7. The molecule has 2 aromatic rings. The van der Waals surface area contributed by atoms with Crippen molar-refractivity contribution in [3.63, 3.8) is 0 Å². The fourth-order valence-electron chi connectivity index (χ4n) is 2.65. The second-order valence-corrected chi connectivity index (χ2v) is 9.90. The van der Waals surface area contributed by atoms with Crippen LogP contribution in [0, 0.1) is 0 Å². The van der Waals surface area contributed by atoms with Gasteiger partial charge in [-0.1, -0.05) is 35.0 Å². The van der Waals surface area contributed by atoms with E-state index in [1.54, 1.807) is 0 Å². The van der Waals surface area contributed by atoms with E-state index in [2.05, 4.69) is 86.4 Å². The number of rotatable bonds is 5. The van der Waals surface area contributed by atoms with Gasteiger partial charge in [0.15, 0.2) is 0 Å². The van der Waals surface area contributed by atoms with Gasteiger partial charge in [-0.15, -0.1) is 23.5 Å². The first kappa shape index (κ1) is 15.5. The van der Waals surface area contributed by atoms with Crippen LogP contribution in [0.15, 0.2) is 47.5 Å². The molecule has 1 saturated heterocycles. The van der Waals surface area contributed by atoms with Gasteiger partial charge in [0.2, 0.25) is 0 Å². The molecule has 2 heterocycles. The summed E-state index contributed by atoms with van der Waals surface area (Å²) in [5.41, 5.74) is 1.43. The minimum Gasteiger partial charge on any atom is -0.337 e. The van der Waals surface area contributed by atoms with Crippen molar-refractivity contribution in [1.82, 2.24) is 9.55 Å². The number of hydrogen-bond donors (Lipinski definition) is 0. The van der Waals surface area contributed by atoms with Gasteiger partial charge in [0.1, 0.15) is 0 Å². The molecule has 2 unspecified atom stereocenters. The fraction of sp³-hybridized carbons (Fsp3) is 0.438. The van der Waals surface area contributed by atoms with Crippen molar-refractivity contribution in [2.75, 3.05) is 5.75 Å². The van der Waals surface area contributed by atoms with Crippen molar-refractivity contribution in [1.29, 1.82) is 0 Å². The van der Waals surface area contributed by atoms with E-state index in [0.29, 0.717) is 4.08 Å². The molecule has 1 aliphatic rings. The topological polar surface area (TPSA) is 17.8 Å². The van der Waals surface area contributed by atoms with Crippen molar-refractivity contribution in [2.45, 2.75) is 35.6 Å². The zero-order valence-corrected chi connectivity index (χ0v) is 15.3. The molecule has 1 aromatic carbocycles. The zero-order valence-electron chi connectivity index (χ0n) is 12.0. The van der Waals surface area contributed by atoms with Gasteiger partial charge in [-0.3, -0.25) is 0 Å². The lowest BCUT2D eigenvalue weighted by atomic mass is 10.1. The van der Waals surface area contributed by atoms with E-state index in [1.165, 1.54) is 17.7 Å². The number of aromatic nitrogens is 2. The highest BCUT2D eigenvalue weighted by Gasteiger charge is 2.38. The lowest BCUT2D eigenvalue weighted by Gasteiger charge is -2.28. The van der Waals surface area contributed by atoms with E-state index in [1.807, 2.05) is 12.5 Å². The number of hydrogen-bond acceptors (Lipinski definition) is 3. The fourth-order valence-corrected chi connectivity index (χ4v) is 6.59. The second-order valence-electron chi connectivity index (χ2n) is 5.50. The monoisotopic (exact) mass is 382 g/mol. The van der Waals surface area contributed by atoms with Gasteiger partial charge in [0.25, 0.3) is 0 Å². The Bertz CT molecular complexity index is 570. The third-order valence-electron chi connectivity index (χ3n) is 3.69. The molecule has 0 aliphatic carbocycles. The first-order valence-corrected chi connectivity index (χ1v) is 9.83. The van der Waals surface area contributed by atoms with E-state index < -0.39 is 0 Å². The van der Waals surface area contributed by atoms with Crippen LogP contribution in [0.2, 0.25) is 0 Å². The summed E-state index contributed by atoms with van der Waals surface area (Å²) in [5, 5.41) is 0.744. The smallest absolute Gasteiger partial charge is 0.0945 e. The molecule has 5 heteroatoms. The van der Waals surface area contributed by atoms with E-state index in [4.69, 9.17) is 0 Å². The van der Waals surface area contributed by atoms with Crippen LogP contribution in [0.5, 0.6) is 0 Å². The molecule has 0 saturated carbocycles. The number of benzene rings is 1. The van der Waals surface area contributed by atoms with E-state index in [-0.39, 0.29) is 0 Å². The molecule has 3 rings (SSSR count). The number of halogens is 1. The summed E-state index contributed by atoms with van der Waals surface area (Å²) in [4.78, 5) is 4.14. The SMILES string of the molecule is CC1CSC(CCn2ccnc2)(Cc2ccc(Br)cc2)S1. The summed E-state index contributed by atoms with van der Waals surface area (Å²) in [7, 11) is 0. The Morgan fingerprint density at radius 2 is 2.19 bits per heavy atom. The Labute approximate surface area is 143 Å². The summed E-state index contributed by atoms with van der Waals surface area (Å²) < 4.78 is 3.64. The van der Waals surface area contributed by atoms with Crippen LogP contribution in [0.4, 0.5) is 0 Å². The lowest BCUT2D eigenvalue weighted by Crippen LogP contribution is -2.23. The van der Waals surface area contributed by atoms with Crippen molar-refractivity contribution in [3.05, 3.63) is 53.0 Å². The highest BCUT2D eigenvalue weighted by Crippen LogP contribution is 2.52. The minimum absolute atomic E-state index is 0.303. The van der Waals surface area contributed by atoms with Crippen LogP contribution in [0.25, 0.3) is 0 Å². The Morgan fingerprint density at radius 3 is 2.81 bits per heavy atom. The summed E-state index contributed by atoms with van der Waals surface area (Å²) in [6, 6.07) is 8.78. The maximum atomic E-state index is 4.14. The van der Waals surface area contributed by atoms with Crippen LogP contribution in [-0.2, 0) is 13.0 Å². The predicted molar refractivity (Wildman–Crippen MR) is 96.9 cm³/mol. The minimum atomic E-state index is 0.303.